The van der Waals surface area contributed by atoms with Crippen molar-refractivity contribution in [3.63, 3.8) is 0 Å². The van der Waals surface area contributed by atoms with E-state index in [0.29, 0.717) is 12.0 Å². The highest BCUT2D eigenvalue weighted by molar-refractivity contribution is 9.10. The molecule has 176 valence electrons. The number of amides is 1. The Labute approximate surface area is 196 Å². The van der Waals surface area contributed by atoms with Crippen LogP contribution >= 0.6 is 15.9 Å². The van der Waals surface area contributed by atoms with E-state index in [0.717, 1.165) is 16.1 Å². The van der Waals surface area contributed by atoms with E-state index < -0.39 is 35.4 Å². The number of carbonyl (C=O) groups is 1. The van der Waals surface area contributed by atoms with Crippen molar-refractivity contribution in [2.45, 2.75) is 64.3 Å². The molecule has 0 bridgehead atoms. The summed E-state index contributed by atoms with van der Waals surface area (Å²) in [7, 11) is 0. The number of hydrogen-bond donors (Lipinski definition) is 3. The third-order valence-corrected chi connectivity index (χ3v) is 5.82. The maximum atomic E-state index is 13.7. The summed E-state index contributed by atoms with van der Waals surface area (Å²) < 4.78 is 33.5. The fourth-order valence-corrected chi connectivity index (χ4v) is 3.60. The number of carbonyl (C=O) groups excluding carboxylic acids is 1. The van der Waals surface area contributed by atoms with Gasteiger partial charge in [0.25, 0.3) is 0 Å². The molecule has 8 heteroatoms. The van der Waals surface area contributed by atoms with Gasteiger partial charge >= 0.3 is 6.09 Å². The van der Waals surface area contributed by atoms with Crippen LogP contribution < -0.4 is 10.6 Å². The maximum Gasteiger partial charge on any atom is 0.407 e. The first-order valence-electron chi connectivity index (χ1n) is 10.6. The van der Waals surface area contributed by atoms with Crippen LogP contribution in [0.2, 0.25) is 0 Å². The molecule has 0 fully saturated rings. The van der Waals surface area contributed by atoms with Crippen molar-refractivity contribution in [1.82, 2.24) is 10.6 Å². The smallest absolute Gasteiger partial charge is 0.407 e. The lowest BCUT2D eigenvalue weighted by atomic mass is 9.93. The zero-order valence-electron chi connectivity index (χ0n) is 18.8. The molecular weight excluding hydrogens is 482 g/mol. The van der Waals surface area contributed by atoms with Gasteiger partial charge in [0.15, 0.2) is 0 Å². The Morgan fingerprint density at radius 2 is 1.84 bits per heavy atom. The lowest BCUT2D eigenvalue weighted by Crippen LogP contribution is -2.51. The molecule has 3 N–H and O–H groups in total. The van der Waals surface area contributed by atoms with E-state index in [1.54, 1.807) is 6.92 Å². The normalized spacial score (nSPS) is 14.5. The van der Waals surface area contributed by atoms with Gasteiger partial charge in [-0.3, -0.25) is 0 Å². The van der Waals surface area contributed by atoms with Gasteiger partial charge < -0.3 is 20.5 Å². The molecule has 0 saturated heterocycles. The number of ether oxygens (including phenoxy) is 1. The van der Waals surface area contributed by atoms with E-state index >= 15 is 0 Å². The van der Waals surface area contributed by atoms with Crippen molar-refractivity contribution in [1.29, 1.82) is 0 Å². The summed E-state index contributed by atoms with van der Waals surface area (Å²) in [5.41, 5.74) is 0.853. The highest BCUT2D eigenvalue weighted by Gasteiger charge is 2.27. The lowest BCUT2D eigenvalue weighted by Gasteiger charge is -2.31. The fraction of sp³-hybridized carbons (Fsp3) is 0.458. The number of alkyl carbamates (subject to hydrolysis) is 1. The molecule has 3 atom stereocenters. The minimum atomic E-state index is -1.04. The fourth-order valence-electron chi connectivity index (χ4n) is 3.20. The molecule has 0 radical (unpaired) electrons. The molecule has 0 aromatic heterocycles. The average molecular weight is 513 g/mol. The first kappa shape index (κ1) is 26.2. The number of nitrogens with one attached hydrogen (secondary N) is 2. The summed E-state index contributed by atoms with van der Waals surface area (Å²) in [4.78, 5) is 12.3. The van der Waals surface area contributed by atoms with Gasteiger partial charge in [0, 0.05) is 22.6 Å². The topological polar surface area (TPSA) is 70.6 Å². The Balaban J connectivity index is 2.14. The van der Waals surface area contributed by atoms with Gasteiger partial charge in [-0.15, -0.1) is 0 Å². The molecular formula is C24H31BrF2N2O3. The number of aliphatic hydroxyl groups is 1. The molecule has 0 aliphatic rings. The van der Waals surface area contributed by atoms with E-state index in [1.807, 2.05) is 45.0 Å². The standard InChI is InChI=1S/C24H31BrF2N2O3/c1-5-15(2)32-23(31)29-21(11-16-9-19(26)13-20(27)10-16)22(30)14-28-24(3,4)17-7-6-8-18(25)12-17/h6-10,12-13,15,21-22,28,30H,5,11,14H2,1-4H3,(H,29,31)/t15?,21-,22+/m0/s1. The summed E-state index contributed by atoms with van der Waals surface area (Å²) in [6.45, 7) is 7.72. The maximum absolute atomic E-state index is 13.7. The summed E-state index contributed by atoms with van der Waals surface area (Å²) in [6.07, 6.45) is -1.36. The van der Waals surface area contributed by atoms with Crippen LogP contribution in [0.25, 0.3) is 0 Å². The molecule has 0 saturated carbocycles. The van der Waals surface area contributed by atoms with Crippen LogP contribution in [0.15, 0.2) is 46.9 Å². The molecule has 1 amide bonds. The number of aliphatic hydroxyl groups excluding tert-OH is 1. The highest BCUT2D eigenvalue weighted by atomic mass is 79.9. The number of benzene rings is 2. The van der Waals surface area contributed by atoms with Gasteiger partial charge in [-0.2, -0.15) is 0 Å². The first-order chi connectivity index (χ1) is 15.0. The molecule has 0 aliphatic carbocycles. The Kier molecular flexibility index (Phi) is 9.61. The van der Waals surface area contributed by atoms with Crippen LogP contribution in [0.1, 0.15) is 45.2 Å². The summed E-state index contributed by atoms with van der Waals surface area (Å²) >= 11 is 3.46. The van der Waals surface area contributed by atoms with Crippen molar-refractivity contribution >= 4 is 22.0 Å². The van der Waals surface area contributed by atoms with E-state index in [2.05, 4.69) is 26.6 Å². The number of rotatable bonds is 10. The SMILES string of the molecule is CCC(C)OC(=O)N[C@@H](Cc1cc(F)cc(F)c1)[C@H](O)CNC(C)(C)c1cccc(Br)c1. The second-order valence-electron chi connectivity index (χ2n) is 8.44. The van der Waals surface area contributed by atoms with Gasteiger partial charge in [0.2, 0.25) is 0 Å². The highest BCUT2D eigenvalue weighted by Crippen LogP contribution is 2.23. The van der Waals surface area contributed by atoms with Crippen molar-refractivity contribution in [2.75, 3.05) is 6.54 Å². The predicted molar refractivity (Wildman–Crippen MR) is 124 cm³/mol. The van der Waals surface area contributed by atoms with Gasteiger partial charge in [0.05, 0.1) is 12.1 Å². The quantitative estimate of drug-likeness (QED) is 0.416. The molecule has 0 heterocycles. The summed E-state index contributed by atoms with van der Waals surface area (Å²) in [5.74, 6) is -1.44. The summed E-state index contributed by atoms with van der Waals surface area (Å²) in [5, 5.41) is 16.8. The molecule has 0 aliphatic heterocycles. The van der Waals surface area contributed by atoms with Crippen LogP contribution in [0.4, 0.5) is 13.6 Å². The molecule has 1 unspecified atom stereocenters. The van der Waals surface area contributed by atoms with Gasteiger partial charge in [-0.1, -0.05) is 35.0 Å². The van der Waals surface area contributed by atoms with Crippen LogP contribution in [-0.4, -0.2) is 36.0 Å². The van der Waals surface area contributed by atoms with Crippen molar-refractivity contribution in [3.05, 3.63) is 69.7 Å². The number of hydrogen-bond acceptors (Lipinski definition) is 4. The van der Waals surface area contributed by atoms with Crippen LogP contribution in [0, 0.1) is 11.6 Å². The Morgan fingerprint density at radius 3 is 2.44 bits per heavy atom. The molecule has 2 aromatic rings. The second kappa shape index (κ2) is 11.7. The van der Waals surface area contributed by atoms with E-state index in [9.17, 15) is 18.7 Å². The molecule has 32 heavy (non-hydrogen) atoms. The predicted octanol–water partition coefficient (Wildman–Crippen LogP) is 5.05. The Morgan fingerprint density at radius 1 is 1.19 bits per heavy atom. The monoisotopic (exact) mass is 512 g/mol. The van der Waals surface area contributed by atoms with Crippen LogP contribution in [0.3, 0.4) is 0 Å². The van der Waals surface area contributed by atoms with Crippen molar-refractivity contribution in [3.8, 4) is 0 Å². The Bertz CT molecular complexity index is 890. The van der Waals surface area contributed by atoms with Crippen molar-refractivity contribution in [2.24, 2.45) is 0 Å². The van der Waals surface area contributed by atoms with Gasteiger partial charge in [0.1, 0.15) is 17.7 Å². The Hall–Kier alpha value is -2.03. The number of halogens is 3. The molecule has 2 rings (SSSR count). The second-order valence-corrected chi connectivity index (χ2v) is 9.36. The average Bonchev–Trinajstić information content (AvgIpc) is 2.70. The van der Waals surface area contributed by atoms with E-state index in [4.69, 9.17) is 4.74 Å². The van der Waals surface area contributed by atoms with Crippen LogP contribution in [0.5, 0.6) is 0 Å². The van der Waals surface area contributed by atoms with Crippen LogP contribution in [-0.2, 0) is 16.7 Å². The zero-order chi connectivity index (χ0) is 23.9. The largest absolute Gasteiger partial charge is 0.447 e. The minimum absolute atomic E-state index is 0.0322. The molecule has 2 aromatic carbocycles. The summed E-state index contributed by atoms with van der Waals surface area (Å²) in [6, 6.07) is 10.1. The minimum Gasteiger partial charge on any atom is -0.447 e. The third kappa shape index (κ3) is 8.15. The molecule has 5 nitrogen and oxygen atoms in total. The first-order valence-corrected chi connectivity index (χ1v) is 11.4. The molecule has 0 spiro atoms. The zero-order valence-corrected chi connectivity index (χ0v) is 20.4. The van der Waals surface area contributed by atoms with Crippen molar-refractivity contribution < 1.29 is 23.4 Å². The van der Waals surface area contributed by atoms with Gasteiger partial charge in [-0.25, -0.2) is 13.6 Å². The van der Waals surface area contributed by atoms with Gasteiger partial charge in [-0.05, 0) is 69.0 Å². The third-order valence-electron chi connectivity index (χ3n) is 5.33. The van der Waals surface area contributed by atoms with E-state index in [1.165, 1.54) is 12.1 Å². The van der Waals surface area contributed by atoms with E-state index in [-0.39, 0.29) is 19.1 Å². The lowest BCUT2D eigenvalue weighted by molar-refractivity contribution is 0.0795.